The second-order valence-electron chi connectivity index (χ2n) is 1.75. The van der Waals surface area contributed by atoms with Gasteiger partial charge in [-0.2, -0.15) is 0 Å². The monoisotopic (exact) mass is 206 g/mol. The van der Waals surface area contributed by atoms with Crippen LogP contribution in [-0.2, 0) is 9.53 Å². The number of hydrogen-bond donors (Lipinski definition) is 0. The van der Waals surface area contributed by atoms with Gasteiger partial charge in [0.05, 0.1) is 0 Å². The van der Waals surface area contributed by atoms with Crippen LogP contribution in [0.1, 0.15) is 6.92 Å². The molecule has 0 heterocycles. The minimum absolute atomic E-state index is 0.0942. The van der Waals surface area contributed by atoms with E-state index in [-0.39, 0.29) is 10.3 Å². The smallest absolute Gasteiger partial charge is 0.335 e. The molecule has 0 rings (SSSR count). The van der Waals surface area contributed by atoms with Crippen LogP contribution in [0.5, 0.6) is 0 Å². The summed E-state index contributed by atoms with van der Waals surface area (Å²) < 4.78 is 4.58. The van der Waals surface area contributed by atoms with E-state index in [0.717, 1.165) is 6.08 Å². The largest absolute Gasteiger partial charge is 0.421 e. The molecule has 0 N–H and O–H groups in total. The fourth-order valence-electron chi connectivity index (χ4n) is 0.437. The Hall–Kier alpha value is -0.730. The molecule has 0 aromatic heterocycles. The molecule has 0 aliphatic heterocycles. The lowest BCUT2D eigenvalue weighted by Crippen LogP contribution is -1.98. The maximum Gasteiger partial charge on any atom is 0.335 e. The van der Waals surface area contributed by atoms with Crippen molar-refractivity contribution in [1.82, 2.24) is 0 Å². The molecule has 0 atom stereocenters. The third-order valence-electron chi connectivity index (χ3n) is 0.882. The third-order valence-corrected chi connectivity index (χ3v) is 1.25. The molecule has 0 bridgehead atoms. The van der Waals surface area contributed by atoms with Crippen molar-refractivity contribution in [2.24, 2.45) is 0 Å². The van der Waals surface area contributed by atoms with Crippen molar-refractivity contribution in [3.63, 3.8) is 0 Å². The van der Waals surface area contributed by atoms with Crippen LogP contribution in [0, 0.1) is 0 Å². The van der Waals surface area contributed by atoms with E-state index in [1.807, 2.05) is 0 Å². The number of rotatable bonds is 3. The van der Waals surface area contributed by atoms with Crippen LogP contribution in [0.2, 0.25) is 0 Å². The van der Waals surface area contributed by atoms with Crippen LogP contribution in [0.3, 0.4) is 0 Å². The average molecular weight is 207 g/mol. The van der Waals surface area contributed by atoms with E-state index in [0.29, 0.717) is 0 Å². The van der Waals surface area contributed by atoms with E-state index >= 15 is 0 Å². The van der Waals surface area contributed by atoms with Crippen molar-refractivity contribution in [3.05, 3.63) is 35.1 Å². The lowest BCUT2D eigenvalue weighted by Gasteiger charge is -2.00. The van der Waals surface area contributed by atoms with Gasteiger partial charge in [-0.3, -0.25) is 0 Å². The quantitative estimate of drug-likeness (QED) is 0.308. The Kier molecular flexibility index (Phi) is 5.51. The van der Waals surface area contributed by atoms with Gasteiger partial charge in [-0.25, -0.2) is 4.79 Å². The highest BCUT2D eigenvalue weighted by Gasteiger charge is 2.03. The SMILES string of the molecule is C=CC(=O)OC(/C=C/C)=C(Cl)Cl. The van der Waals surface area contributed by atoms with Gasteiger partial charge in [-0.1, -0.05) is 35.9 Å². The fraction of sp³-hybridized carbons (Fsp3) is 0.125. The molecule has 0 saturated heterocycles. The molecule has 0 aliphatic rings. The van der Waals surface area contributed by atoms with E-state index in [9.17, 15) is 4.79 Å². The van der Waals surface area contributed by atoms with Crippen molar-refractivity contribution in [1.29, 1.82) is 0 Å². The van der Waals surface area contributed by atoms with Gasteiger partial charge in [-0.05, 0) is 13.0 Å². The highest BCUT2D eigenvalue weighted by molar-refractivity contribution is 6.56. The summed E-state index contributed by atoms with van der Waals surface area (Å²) in [4.78, 5) is 10.7. The zero-order valence-corrected chi connectivity index (χ0v) is 8.02. The predicted molar refractivity (Wildman–Crippen MR) is 49.8 cm³/mol. The summed E-state index contributed by atoms with van der Waals surface area (Å²) in [7, 11) is 0. The van der Waals surface area contributed by atoms with Crippen molar-refractivity contribution in [3.8, 4) is 0 Å². The molecule has 0 amide bonds. The van der Waals surface area contributed by atoms with E-state index in [2.05, 4.69) is 11.3 Å². The molecule has 0 fully saturated rings. The molecule has 0 spiro atoms. The van der Waals surface area contributed by atoms with Gasteiger partial charge in [0.2, 0.25) is 0 Å². The first kappa shape index (κ1) is 11.3. The first-order valence-electron chi connectivity index (χ1n) is 3.14. The van der Waals surface area contributed by atoms with Gasteiger partial charge in [-0.15, -0.1) is 0 Å². The number of allylic oxidation sites excluding steroid dienone is 2. The zero-order valence-electron chi connectivity index (χ0n) is 6.51. The van der Waals surface area contributed by atoms with Crippen molar-refractivity contribution in [2.45, 2.75) is 6.92 Å². The Morgan fingerprint density at radius 3 is 2.42 bits per heavy atom. The molecule has 4 heteroatoms. The van der Waals surface area contributed by atoms with Gasteiger partial charge >= 0.3 is 5.97 Å². The molecule has 12 heavy (non-hydrogen) atoms. The number of halogens is 2. The topological polar surface area (TPSA) is 26.3 Å². The highest BCUT2D eigenvalue weighted by Crippen LogP contribution is 2.16. The first-order chi connectivity index (χ1) is 5.61. The first-order valence-corrected chi connectivity index (χ1v) is 3.89. The van der Waals surface area contributed by atoms with Crippen molar-refractivity contribution in [2.75, 3.05) is 0 Å². The summed E-state index contributed by atoms with van der Waals surface area (Å²) in [5.41, 5.74) is 0. The number of hydrogen-bond acceptors (Lipinski definition) is 2. The van der Waals surface area contributed by atoms with Gasteiger partial charge in [0.15, 0.2) is 5.76 Å². The molecule has 0 saturated carbocycles. The Bertz CT molecular complexity index is 237. The summed E-state index contributed by atoms with van der Waals surface area (Å²) in [6, 6.07) is 0. The zero-order chi connectivity index (χ0) is 9.56. The summed E-state index contributed by atoms with van der Waals surface area (Å²) in [6.07, 6.45) is 4.16. The van der Waals surface area contributed by atoms with Crippen LogP contribution in [-0.4, -0.2) is 5.97 Å². The molecule has 0 aliphatic carbocycles. The fourth-order valence-corrected chi connectivity index (χ4v) is 0.640. The summed E-state index contributed by atoms with van der Waals surface area (Å²) >= 11 is 10.8. The van der Waals surface area contributed by atoms with Gasteiger partial charge in [0.1, 0.15) is 4.49 Å². The Balaban J connectivity index is 4.46. The molecule has 2 nitrogen and oxygen atoms in total. The molecule has 0 radical (unpaired) electrons. The lowest BCUT2D eigenvalue weighted by atomic mass is 10.4. The molecule has 0 unspecified atom stereocenters. The number of carbonyl (C=O) groups is 1. The van der Waals surface area contributed by atoms with Crippen LogP contribution >= 0.6 is 23.2 Å². The average Bonchev–Trinajstić information content (AvgIpc) is 2.03. The van der Waals surface area contributed by atoms with Gasteiger partial charge < -0.3 is 4.74 Å². The normalized spacial score (nSPS) is 9.58. The Labute approximate surface area is 81.1 Å². The van der Waals surface area contributed by atoms with Crippen molar-refractivity contribution >= 4 is 29.2 Å². The molecule has 66 valence electrons. The molecular formula is C8H8Cl2O2. The van der Waals surface area contributed by atoms with Crippen molar-refractivity contribution < 1.29 is 9.53 Å². The third kappa shape index (κ3) is 4.21. The van der Waals surface area contributed by atoms with Crippen LogP contribution in [0.4, 0.5) is 0 Å². The Morgan fingerprint density at radius 2 is 2.08 bits per heavy atom. The second kappa shape index (κ2) is 5.86. The number of esters is 1. The van der Waals surface area contributed by atoms with Crippen LogP contribution < -0.4 is 0 Å². The van der Waals surface area contributed by atoms with E-state index in [1.54, 1.807) is 13.0 Å². The summed E-state index contributed by atoms with van der Waals surface area (Å²) in [5.74, 6) is -0.479. The minimum Gasteiger partial charge on any atom is -0.421 e. The predicted octanol–water partition coefficient (Wildman–Crippen LogP) is 2.94. The van der Waals surface area contributed by atoms with E-state index < -0.39 is 5.97 Å². The number of carbonyl (C=O) groups excluding carboxylic acids is 1. The standard InChI is InChI=1S/C8H8Cl2O2/c1-3-5-6(8(9)10)12-7(11)4-2/h3-5H,2H2,1H3/b5-3+. The van der Waals surface area contributed by atoms with Gasteiger partial charge in [0.25, 0.3) is 0 Å². The van der Waals surface area contributed by atoms with E-state index in [1.165, 1.54) is 6.08 Å². The maximum atomic E-state index is 10.7. The molecule has 0 aromatic rings. The number of ether oxygens (including phenoxy) is 1. The highest BCUT2D eigenvalue weighted by atomic mass is 35.5. The summed E-state index contributed by atoms with van der Waals surface area (Å²) in [5, 5.41) is 0. The molecular weight excluding hydrogens is 199 g/mol. The minimum atomic E-state index is -0.595. The van der Waals surface area contributed by atoms with Gasteiger partial charge in [0, 0.05) is 6.08 Å². The summed E-state index contributed by atoms with van der Waals surface area (Å²) in [6.45, 7) is 4.97. The van der Waals surface area contributed by atoms with Crippen LogP contribution in [0.15, 0.2) is 35.1 Å². The second-order valence-corrected chi connectivity index (χ2v) is 2.70. The van der Waals surface area contributed by atoms with E-state index in [4.69, 9.17) is 23.2 Å². The lowest BCUT2D eigenvalue weighted by molar-refractivity contribution is -0.133. The maximum absolute atomic E-state index is 10.7. The molecule has 0 aromatic carbocycles. The Morgan fingerprint density at radius 1 is 1.50 bits per heavy atom. The van der Waals surface area contributed by atoms with Crippen LogP contribution in [0.25, 0.3) is 0 Å².